The normalized spacial score (nSPS) is 12.8. The molecule has 4 aromatic rings. The van der Waals surface area contributed by atoms with Gasteiger partial charge in [0.15, 0.2) is 5.28 Å². The number of hydrogen-bond donors (Lipinski definition) is 4. The first-order valence-electron chi connectivity index (χ1n) is 12.8. The topological polar surface area (TPSA) is 107 Å². The average molecular weight is 544 g/mol. The van der Waals surface area contributed by atoms with Gasteiger partial charge in [0, 0.05) is 0 Å². The zero-order chi connectivity index (χ0) is 28.4. The summed E-state index contributed by atoms with van der Waals surface area (Å²) in [5.41, 5.74) is 6.68. The van der Waals surface area contributed by atoms with Gasteiger partial charge in [-0.3, -0.25) is 14.7 Å². The van der Waals surface area contributed by atoms with E-state index in [4.69, 9.17) is 0 Å². The van der Waals surface area contributed by atoms with Crippen LogP contribution >= 0.6 is 7.60 Å². The number of rotatable bonds is 9. The van der Waals surface area contributed by atoms with Gasteiger partial charge in [-0.15, -0.1) is 0 Å². The second-order valence-electron chi connectivity index (χ2n) is 10.3. The number of carboxylic acid groups (broad SMARTS) is 1. The number of carbonyl (C=O) groups is 1. The summed E-state index contributed by atoms with van der Waals surface area (Å²) in [6, 6.07) is 26.8. The van der Waals surface area contributed by atoms with Gasteiger partial charge in [0.05, 0.1) is 0 Å². The Balaban J connectivity index is 1.83. The highest BCUT2D eigenvalue weighted by Gasteiger charge is 2.52. The largest absolute Gasteiger partial charge is 0.480 e. The number of benzene rings is 4. The first-order valence-corrected chi connectivity index (χ1v) is 14.4. The summed E-state index contributed by atoms with van der Waals surface area (Å²) in [4.78, 5) is 34.6. The molecule has 202 valence electrons. The minimum Gasteiger partial charge on any atom is -0.480 e. The Morgan fingerprint density at radius 2 is 1.18 bits per heavy atom. The lowest BCUT2D eigenvalue weighted by Gasteiger charge is -2.39. The Morgan fingerprint density at radius 1 is 0.744 bits per heavy atom. The molecule has 39 heavy (non-hydrogen) atoms. The first kappa shape index (κ1) is 28.5. The van der Waals surface area contributed by atoms with E-state index in [1.54, 1.807) is 24.3 Å². The van der Waals surface area contributed by atoms with Crippen LogP contribution in [0, 0.1) is 27.7 Å². The number of nitrogens with one attached hydrogen (secondary N) is 1. The highest BCUT2D eigenvalue weighted by molar-refractivity contribution is 7.53. The van der Waals surface area contributed by atoms with Gasteiger partial charge in [0.25, 0.3) is 0 Å². The van der Waals surface area contributed by atoms with Crippen molar-refractivity contribution in [1.82, 2.24) is 5.32 Å². The predicted octanol–water partition coefficient (Wildman–Crippen LogP) is 6.25. The third kappa shape index (κ3) is 6.21. The van der Waals surface area contributed by atoms with Gasteiger partial charge in [-0.1, -0.05) is 113 Å². The third-order valence-electron chi connectivity index (χ3n) is 6.90. The van der Waals surface area contributed by atoms with Crippen molar-refractivity contribution >= 4 is 13.6 Å². The Kier molecular flexibility index (Phi) is 8.24. The van der Waals surface area contributed by atoms with Crippen molar-refractivity contribution < 1.29 is 24.3 Å². The molecule has 1 atom stereocenters. The molecule has 0 fully saturated rings. The molecular formula is C32H34NO5P. The number of aliphatic carboxylic acids is 1. The van der Waals surface area contributed by atoms with Gasteiger partial charge in [0.2, 0.25) is 0 Å². The second kappa shape index (κ2) is 11.3. The Bertz CT molecular complexity index is 1430. The van der Waals surface area contributed by atoms with Crippen LogP contribution in [0.3, 0.4) is 0 Å². The quantitative estimate of drug-likeness (QED) is 0.186. The smallest absolute Gasteiger partial charge is 0.354 e. The summed E-state index contributed by atoms with van der Waals surface area (Å²) >= 11 is 0. The van der Waals surface area contributed by atoms with Gasteiger partial charge < -0.3 is 14.9 Å². The molecule has 4 N–H and O–H groups in total. The maximum atomic E-state index is 13.6. The van der Waals surface area contributed by atoms with Crippen LogP contribution in [-0.2, 0) is 21.1 Å². The van der Waals surface area contributed by atoms with Gasteiger partial charge in [-0.2, -0.15) is 0 Å². The standard InChI is InChI=1S/C32H34NO5P/c1-21-14-22(2)17-28(16-21)32(39(36,37)38,29-18-23(3)15-24(4)19-29)33-30(31(34)35)20-25-10-12-27(13-11-25)26-8-6-5-7-9-26/h5-19,30,33H,20H2,1-4H3,(H,34,35)(H2,36,37,38)/t30-/m0/s1. The summed E-state index contributed by atoms with van der Waals surface area (Å²) in [5, 5.41) is 11.2. The van der Waals surface area contributed by atoms with Crippen LogP contribution < -0.4 is 5.32 Å². The fraction of sp³-hybridized carbons (Fsp3) is 0.219. The first-order chi connectivity index (χ1) is 18.4. The van der Waals surface area contributed by atoms with Crippen LogP contribution in [0.4, 0.5) is 0 Å². The lowest BCUT2D eigenvalue weighted by atomic mass is 9.91. The summed E-state index contributed by atoms with van der Waals surface area (Å²) in [6.07, 6.45) is 0.0295. The summed E-state index contributed by atoms with van der Waals surface area (Å²) in [7, 11) is -5.05. The molecule has 0 spiro atoms. The molecule has 0 aromatic heterocycles. The average Bonchev–Trinajstić information content (AvgIpc) is 2.85. The molecule has 0 saturated heterocycles. The van der Waals surface area contributed by atoms with E-state index >= 15 is 0 Å². The van der Waals surface area contributed by atoms with E-state index in [2.05, 4.69) is 5.32 Å². The second-order valence-corrected chi connectivity index (χ2v) is 12.1. The number of aryl methyl sites for hydroxylation is 4. The Hall–Kier alpha value is -3.54. The molecule has 0 aliphatic carbocycles. The van der Waals surface area contributed by atoms with Crippen LogP contribution in [0.2, 0.25) is 0 Å². The van der Waals surface area contributed by atoms with Crippen LogP contribution in [0.5, 0.6) is 0 Å². The maximum Gasteiger partial charge on any atom is 0.354 e. The fourth-order valence-corrected chi connectivity index (χ4v) is 6.53. The van der Waals surface area contributed by atoms with Gasteiger partial charge >= 0.3 is 13.6 Å². The van der Waals surface area contributed by atoms with E-state index < -0.39 is 24.9 Å². The lowest BCUT2D eigenvalue weighted by molar-refractivity contribution is -0.139. The molecule has 6 nitrogen and oxygen atoms in total. The number of carboxylic acids is 1. The van der Waals surface area contributed by atoms with Crippen LogP contribution in [0.25, 0.3) is 11.1 Å². The summed E-state index contributed by atoms with van der Waals surface area (Å²) in [6.45, 7) is 7.41. The molecule has 4 rings (SSSR count). The molecule has 0 bridgehead atoms. The molecule has 0 heterocycles. The lowest BCUT2D eigenvalue weighted by Crippen LogP contribution is -2.52. The highest BCUT2D eigenvalue weighted by Crippen LogP contribution is 2.59. The SMILES string of the molecule is Cc1cc(C)cc(C(N[C@@H](Cc2ccc(-c3ccccc3)cc2)C(=O)O)(c2cc(C)cc(C)c2)P(=O)(O)O)c1. The minimum absolute atomic E-state index is 0.0295. The third-order valence-corrected chi connectivity index (χ3v) is 8.42. The van der Waals surface area contributed by atoms with E-state index in [1.807, 2.05) is 94.4 Å². The fourth-order valence-electron chi connectivity index (χ4n) is 5.27. The summed E-state index contributed by atoms with van der Waals surface area (Å²) in [5.74, 6) is -1.20. The van der Waals surface area contributed by atoms with Gasteiger partial charge in [-0.05, 0) is 61.9 Å². The van der Waals surface area contributed by atoms with E-state index in [-0.39, 0.29) is 6.42 Å². The van der Waals surface area contributed by atoms with Gasteiger partial charge in [0.1, 0.15) is 6.04 Å². The van der Waals surface area contributed by atoms with E-state index in [9.17, 15) is 24.3 Å². The maximum absolute atomic E-state index is 13.6. The Morgan fingerprint density at radius 3 is 1.59 bits per heavy atom. The van der Waals surface area contributed by atoms with Crippen molar-refractivity contribution in [2.45, 2.75) is 45.4 Å². The van der Waals surface area contributed by atoms with Crippen LogP contribution in [-0.4, -0.2) is 26.9 Å². The molecule has 0 saturated carbocycles. The van der Waals surface area contributed by atoms with Crippen molar-refractivity contribution in [3.05, 3.63) is 130 Å². The van der Waals surface area contributed by atoms with Crippen molar-refractivity contribution in [3.63, 3.8) is 0 Å². The monoisotopic (exact) mass is 543 g/mol. The van der Waals surface area contributed by atoms with Gasteiger partial charge in [-0.25, -0.2) is 0 Å². The number of hydrogen-bond acceptors (Lipinski definition) is 3. The van der Waals surface area contributed by atoms with Crippen molar-refractivity contribution in [2.75, 3.05) is 0 Å². The van der Waals surface area contributed by atoms with Crippen molar-refractivity contribution in [3.8, 4) is 11.1 Å². The minimum atomic E-state index is -5.05. The van der Waals surface area contributed by atoms with Crippen molar-refractivity contribution in [1.29, 1.82) is 0 Å². The molecule has 7 heteroatoms. The predicted molar refractivity (Wildman–Crippen MR) is 155 cm³/mol. The van der Waals surface area contributed by atoms with E-state index in [0.717, 1.165) is 38.9 Å². The Labute approximate surface area is 229 Å². The molecule has 0 aliphatic heterocycles. The molecule has 0 aliphatic rings. The zero-order valence-electron chi connectivity index (χ0n) is 22.6. The van der Waals surface area contributed by atoms with Crippen molar-refractivity contribution in [2.24, 2.45) is 0 Å². The highest BCUT2D eigenvalue weighted by atomic mass is 31.2. The summed E-state index contributed by atoms with van der Waals surface area (Å²) < 4.78 is 13.6. The van der Waals surface area contributed by atoms with Crippen LogP contribution in [0.1, 0.15) is 38.9 Å². The van der Waals surface area contributed by atoms with E-state index in [1.165, 1.54) is 0 Å². The molecule has 4 aromatic carbocycles. The van der Waals surface area contributed by atoms with E-state index in [0.29, 0.717) is 11.1 Å². The molecule has 0 radical (unpaired) electrons. The zero-order valence-corrected chi connectivity index (χ0v) is 23.4. The van der Waals surface area contributed by atoms with Crippen LogP contribution in [0.15, 0.2) is 91.0 Å². The molecule has 0 amide bonds. The molecular weight excluding hydrogens is 509 g/mol. The molecule has 0 unspecified atom stereocenters.